The molecule has 1 saturated heterocycles. The molecular weight excluding hydrogens is 317 g/mol. The van der Waals surface area contributed by atoms with Crippen LogP contribution in [-0.4, -0.2) is 36.6 Å². The maximum absolute atomic E-state index is 12.8. The molecule has 1 fully saturated rings. The number of nitrogens with one attached hydrogen (secondary N) is 1. The molecule has 1 unspecified atom stereocenters. The smallest absolute Gasteiger partial charge is 0.326 e. The van der Waals surface area contributed by atoms with Crippen molar-refractivity contribution in [1.82, 2.24) is 4.90 Å². The highest BCUT2D eigenvalue weighted by Crippen LogP contribution is 2.33. The van der Waals surface area contributed by atoms with Crippen molar-refractivity contribution in [2.24, 2.45) is 5.92 Å². The summed E-state index contributed by atoms with van der Waals surface area (Å²) in [6.45, 7) is 1.03. The molecule has 1 aromatic rings. The monoisotopic (exact) mass is 340 g/mol. The zero-order valence-corrected chi connectivity index (χ0v) is 13.7. The second-order valence-corrected chi connectivity index (χ2v) is 6.82. The van der Waals surface area contributed by atoms with Crippen molar-refractivity contribution < 1.29 is 18.0 Å². The quantitative estimate of drug-likeness (QED) is 0.905. The van der Waals surface area contributed by atoms with Crippen LogP contribution in [0.4, 0.5) is 18.9 Å². The van der Waals surface area contributed by atoms with Crippen molar-refractivity contribution in [3.63, 3.8) is 0 Å². The minimum absolute atomic E-state index is 0.00955. The number of fused-ring (bicyclic) bond motifs is 1. The molecule has 0 spiro atoms. The first-order valence-electron chi connectivity index (χ1n) is 8.62. The predicted molar refractivity (Wildman–Crippen MR) is 86.9 cm³/mol. The summed E-state index contributed by atoms with van der Waals surface area (Å²) in [5, 5.41) is 2.86. The van der Waals surface area contributed by atoms with Crippen molar-refractivity contribution in [1.29, 1.82) is 0 Å². The molecule has 0 bridgehead atoms. The second-order valence-electron chi connectivity index (χ2n) is 6.82. The van der Waals surface area contributed by atoms with Crippen LogP contribution in [0.3, 0.4) is 0 Å². The Kier molecular flexibility index (Phi) is 5.13. The number of carbonyl (C=O) groups is 1. The topological polar surface area (TPSA) is 32.3 Å². The summed E-state index contributed by atoms with van der Waals surface area (Å²) in [7, 11) is 0. The number of likely N-dealkylation sites (tertiary alicyclic amines) is 1. The van der Waals surface area contributed by atoms with Crippen LogP contribution in [0.2, 0.25) is 0 Å². The van der Waals surface area contributed by atoms with Crippen LogP contribution in [0, 0.1) is 5.92 Å². The Balaban J connectivity index is 1.47. The number of benzene rings is 1. The van der Waals surface area contributed by atoms with Crippen molar-refractivity contribution in [2.45, 2.75) is 44.7 Å². The van der Waals surface area contributed by atoms with Crippen molar-refractivity contribution >= 4 is 11.6 Å². The number of carbonyl (C=O) groups excluding carboxylic acids is 1. The van der Waals surface area contributed by atoms with Gasteiger partial charge in [-0.15, -0.1) is 0 Å². The minimum atomic E-state index is -4.13. The van der Waals surface area contributed by atoms with E-state index in [0.29, 0.717) is 19.5 Å². The number of aryl methyl sites for hydroxylation is 2. The SMILES string of the molecule is O=C(CCN1CCCC(C(F)(F)F)C1)Nc1ccc2c(c1)CCC2. The largest absolute Gasteiger partial charge is 0.393 e. The predicted octanol–water partition coefficient (Wildman–Crippen LogP) is 3.78. The fraction of sp³-hybridized carbons (Fsp3) is 0.611. The van der Waals surface area contributed by atoms with Gasteiger partial charge in [-0.2, -0.15) is 13.2 Å². The highest BCUT2D eigenvalue weighted by molar-refractivity contribution is 5.91. The fourth-order valence-corrected chi connectivity index (χ4v) is 3.66. The number of anilines is 1. The minimum Gasteiger partial charge on any atom is -0.326 e. The van der Waals surface area contributed by atoms with Crippen molar-refractivity contribution in [3.05, 3.63) is 29.3 Å². The van der Waals surface area contributed by atoms with Gasteiger partial charge in [0, 0.05) is 25.2 Å². The molecule has 2 aliphatic rings. The molecule has 24 heavy (non-hydrogen) atoms. The van der Waals surface area contributed by atoms with Gasteiger partial charge in [-0.1, -0.05) is 6.07 Å². The van der Waals surface area contributed by atoms with Crippen LogP contribution in [0.5, 0.6) is 0 Å². The third-order valence-corrected chi connectivity index (χ3v) is 5.01. The van der Waals surface area contributed by atoms with Crippen molar-refractivity contribution in [2.75, 3.05) is 25.0 Å². The van der Waals surface area contributed by atoms with Gasteiger partial charge in [0.05, 0.1) is 5.92 Å². The molecule has 0 saturated carbocycles. The second kappa shape index (κ2) is 7.13. The van der Waals surface area contributed by atoms with Crippen LogP contribution in [-0.2, 0) is 17.6 Å². The lowest BCUT2D eigenvalue weighted by molar-refractivity contribution is -0.186. The van der Waals surface area contributed by atoms with Gasteiger partial charge in [0.2, 0.25) is 5.91 Å². The maximum atomic E-state index is 12.8. The summed E-state index contributed by atoms with van der Waals surface area (Å²) in [5.74, 6) is -1.40. The molecule has 1 atom stereocenters. The van der Waals surface area contributed by atoms with Gasteiger partial charge < -0.3 is 10.2 Å². The zero-order valence-electron chi connectivity index (χ0n) is 13.7. The van der Waals surface area contributed by atoms with Crippen LogP contribution in [0.25, 0.3) is 0 Å². The number of halogens is 3. The van der Waals surface area contributed by atoms with Gasteiger partial charge in [-0.3, -0.25) is 4.79 Å². The first kappa shape index (κ1) is 17.3. The van der Waals surface area contributed by atoms with E-state index in [0.717, 1.165) is 24.9 Å². The number of rotatable bonds is 4. The summed E-state index contributed by atoms with van der Waals surface area (Å²) in [4.78, 5) is 13.8. The van der Waals surface area contributed by atoms with Crippen molar-refractivity contribution in [3.8, 4) is 0 Å². The van der Waals surface area contributed by atoms with E-state index in [4.69, 9.17) is 0 Å². The van der Waals surface area contributed by atoms with E-state index in [9.17, 15) is 18.0 Å². The number of piperidine rings is 1. The van der Waals surface area contributed by atoms with Gasteiger partial charge in [-0.25, -0.2) is 0 Å². The molecule has 1 amide bonds. The molecule has 6 heteroatoms. The van der Waals surface area contributed by atoms with E-state index >= 15 is 0 Å². The number of hydrogen-bond donors (Lipinski definition) is 1. The molecule has 1 heterocycles. The van der Waals surface area contributed by atoms with Gasteiger partial charge >= 0.3 is 6.18 Å². The van der Waals surface area contributed by atoms with Crippen LogP contribution in [0.15, 0.2) is 18.2 Å². The normalized spacial score (nSPS) is 21.5. The molecule has 3 nitrogen and oxygen atoms in total. The highest BCUT2D eigenvalue weighted by atomic mass is 19.4. The summed E-state index contributed by atoms with van der Waals surface area (Å²) < 4.78 is 38.4. The molecule has 132 valence electrons. The summed E-state index contributed by atoms with van der Waals surface area (Å²) in [6.07, 6.45) is 0.123. The lowest BCUT2D eigenvalue weighted by atomic mass is 9.97. The average molecular weight is 340 g/mol. The highest BCUT2D eigenvalue weighted by Gasteiger charge is 2.41. The van der Waals surface area contributed by atoms with Gasteiger partial charge in [0.25, 0.3) is 0 Å². The van der Waals surface area contributed by atoms with Crippen LogP contribution < -0.4 is 5.32 Å². The standard InChI is InChI=1S/C18H23F3N2O/c19-18(20,21)15-5-2-9-23(12-15)10-8-17(24)22-16-7-6-13-3-1-4-14(13)11-16/h6-7,11,15H,1-5,8-10,12H2,(H,22,24). The third kappa shape index (κ3) is 4.29. The lowest BCUT2D eigenvalue weighted by Crippen LogP contribution is -2.42. The zero-order chi connectivity index (χ0) is 17.2. The number of hydrogen-bond acceptors (Lipinski definition) is 2. The van der Waals surface area contributed by atoms with E-state index in [2.05, 4.69) is 11.4 Å². The summed E-state index contributed by atoms with van der Waals surface area (Å²) >= 11 is 0. The Bertz CT molecular complexity index is 600. The fourth-order valence-electron chi connectivity index (χ4n) is 3.66. The lowest BCUT2D eigenvalue weighted by Gasteiger charge is -2.33. The van der Waals surface area contributed by atoms with E-state index in [1.807, 2.05) is 12.1 Å². The Hall–Kier alpha value is -1.56. The molecule has 1 aliphatic carbocycles. The molecule has 0 radical (unpaired) electrons. The average Bonchev–Trinajstić information content (AvgIpc) is 3.00. The van der Waals surface area contributed by atoms with E-state index in [1.54, 1.807) is 4.90 Å². The molecule has 1 aromatic carbocycles. The Morgan fingerprint density at radius 3 is 2.79 bits per heavy atom. The van der Waals surface area contributed by atoms with Gasteiger partial charge in [0.1, 0.15) is 0 Å². The molecule has 3 rings (SSSR count). The summed E-state index contributed by atoms with van der Waals surface area (Å²) in [5.41, 5.74) is 3.42. The van der Waals surface area contributed by atoms with Gasteiger partial charge in [-0.05, 0) is 61.9 Å². The molecule has 0 aromatic heterocycles. The Morgan fingerprint density at radius 1 is 1.21 bits per heavy atom. The molecule has 1 aliphatic heterocycles. The number of nitrogens with zero attached hydrogens (tertiary/aromatic N) is 1. The van der Waals surface area contributed by atoms with E-state index < -0.39 is 12.1 Å². The van der Waals surface area contributed by atoms with Crippen LogP contribution in [0.1, 0.15) is 36.8 Å². The number of alkyl halides is 3. The summed E-state index contributed by atoms with van der Waals surface area (Å²) in [6, 6.07) is 5.97. The van der Waals surface area contributed by atoms with Gasteiger partial charge in [0.15, 0.2) is 0 Å². The molecular formula is C18H23F3N2O. The molecule has 1 N–H and O–H groups in total. The number of amides is 1. The Labute approximate surface area is 140 Å². The maximum Gasteiger partial charge on any atom is 0.393 e. The van der Waals surface area contributed by atoms with Crippen LogP contribution >= 0.6 is 0 Å². The Morgan fingerprint density at radius 2 is 2.00 bits per heavy atom. The van der Waals surface area contributed by atoms with E-state index in [1.165, 1.54) is 11.1 Å². The first-order valence-corrected chi connectivity index (χ1v) is 8.62. The third-order valence-electron chi connectivity index (χ3n) is 5.01. The van der Waals surface area contributed by atoms with E-state index in [-0.39, 0.29) is 25.3 Å². The first-order chi connectivity index (χ1) is 11.4.